The number of hydrogen-bond donors (Lipinski definition) is 1. The fourth-order valence-corrected chi connectivity index (χ4v) is 3.66. The van der Waals surface area contributed by atoms with Gasteiger partial charge >= 0.3 is 0 Å². The molecule has 3 rings (SSSR count). The first-order valence-corrected chi connectivity index (χ1v) is 8.42. The largest absolute Gasteiger partial charge is 0.338 e. The molecule has 2 fully saturated rings. The molecular formula is C18H26N2O. The Hall–Kier alpha value is -1.35. The maximum Gasteiger partial charge on any atom is 0.239 e. The Morgan fingerprint density at radius 1 is 1.10 bits per heavy atom. The van der Waals surface area contributed by atoms with Crippen LogP contribution in [0.1, 0.15) is 44.1 Å². The predicted octanol–water partition coefficient (Wildman–Crippen LogP) is 2.75. The Balaban J connectivity index is 1.64. The van der Waals surface area contributed by atoms with Gasteiger partial charge < -0.3 is 10.2 Å². The van der Waals surface area contributed by atoms with Crippen molar-refractivity contribution in [3.8, 4) is 0 Å². The van der Waals surface area contributed by atoms with Crippen LogP contribution in [0.15, 0.2) is 30.3 Å². The molecule has 0 bridgehead atoms. The molecule has 3 nitrogen and oxygen atoms in total. The third-order valence-corrected chi connectivity index (χ3v) is 4.83. The van der Waals surface area contributed by atoms with Gasteiger partial charge in [0.15, 0.2) is 0 Å². The maximum atomic E-state index is 12.8. The quantitative estimate of drug-likeness (QED) is 0.926. The molecule has 21 heavy (non-hydrogen) atoms. The van der Waals surface area contributed by atoms with E-state index in [-0.39, 0.29) is 6.04 Å². The van der Waals surface area contributed by atoms with Crippen molar-refractivity contribution in [2.45, 2.75) is 57.0 Å². The van der Waals surface area contributed by atoms with Gasteiger partial charge in [0.05, 0.1) is 6.04 Å². The highest BCUT2D eigenvalue weighted by atomic mass is 16.2. The van der Waals surface area contributed by atoms with Crippen LogP contribution in [0.5, 0.6) is 0 Å². The molecule has 1 aromatic rings. The Morgan fingerprint density at radius 3 is 2.81 bits per heavy atom. The van der Waals surface area contributed by atoms with Gasteiger partial charge in [-0.05, 0) is 44.2 Å². The van der Waals surface area contributed by atoms with E-state index >= 15 is 0 Å². The Bertz CT molecular complexity index is 452. The predicted molar refractivity (Wildman–Crippen MR) is 85.1 cm³/mol. The lowest BCUT2D eigenvalue weighted by molar-refractivity contribution is -0.134. The molecule has 2 heterocycles. The van der Waals surface area contributed by atoms with Crippen LogP contribution >= 0.6 is 0 Å². The van der Waals surface area contributed by atoms with Crippen LogP contribution in [0.2, 0.25) is 0 Å². The van der Waals surface area contributed by atoms with Crippen LogP contribution in [0.25, 0.3) is 0 Å². The number of nitrogens with one attached hydrogen (secondary N) is 1. The molecule has 1 aromatic carbocycles. The first-order chi connectivity index (χ1) is 10.3. The minimum absolute atomic E-state index is 0.0591. The van der Waals surface area contributed by atoms with Crippen LogP contribution in [0.4, 0.5) is 0 Å². The minimum atomic E-state index is 0.0591. The number of hydrogen-bond acceptors (Lipinski definition) is 2. The van der Waals surface area contributed by atoms with Gasteiger partial charge in [0, 0.05) is 12.6 Å². The molecule has 0 saturated carbocycles. The van der Waals surface area contributed by atoms with E-state index in [2.05, 4.69) is 40.5 Å². The van der Waals surface area contributed by atoms with Crippen molar-refractivity contribution in [1.82, 2.24) is 10.2 Å². The number of nitrogens with zero attached hydrogens (tertiary/aromatic N) is 1. The van der Waals surface area contributed by atoms with E-state index in [1.54, 1.807) is 0 Å². The summed E-state index contributed by atoms with van der Waals surface area (Å²) >= 11 is 0. The van der Waals surface area contributed by atoms with Gasteiger partial charge in [0.2, 0.25) is 5.91 Å². The normalized spacial score (nSPS) is 26.6. The first-order valence-electron chi connectivity index (χ1n) is 8.42. The van der Waals surface area contributed by atoms with Crippen molar-refractivity contribution >= 4 is 5.91 Å². The SMILES string of the molecule is O=C(C1CCCCCN1)N1CCCC1Cc1ccccc1. The summed E-state index contributed by atoms with van der Waals surface area (Å²) < 4.78 is 0. The van der Waals surface area contributed by atoms with E-state index in [0.717, 1.165) is 38.8 Å². The topological polar surface area (TPSA) is 32.3 Å². The second kappa shape index (κ2) is 7.08. The van der Waals surface area contributed by atoms with E-state index in [9.17, 15) is 4.79 Å². The fraction of sp³-hybridized carbons (Fsp3) is 0.611. The third-order valence-electron chi connectivity index (χ3n) is 4.83. The van der Waals surface area contributed by atoms with E-state index < -0.39 is 0 Å². The maximum absolute atomic E-state index is 12.8. The van der Waals surface area contributed by atoms with Crippen molar-refractivity contribution in [3.63, 3.8) is 0 Å². The Kier molecular flexibility index (Phi) is 4.91. The number of amides is 1. The number of rotatable bonds is 3. The summed E-state index contributed by atoms with van der Waals surface area (Å²) in [4.78, 5) is 15.0. The third kappa shape index (κ3) is 3.65. The van der Waals surface area contributed by atoms with Crippen LogP contribution in [-0.2, 0) is 11.2 Å². The monoisotopic (exact) mass is 286 g/mol. The molecule has 0 radical (unpaired) electrons. The Morgan fingerprint density at radius 2 is 1.95 bits per heavy atom. The van der Waals surface area contributed by atoms with Crippen molar-refractivity contribution in [3.05, 3.63) is 35.9 Å². The van der Waals surface area contributed by atoms with Crippen molar-refractivity contribution in [2.24, 2.45) is 0 Å². The molecule has 2 aliphatic rings. The van der Waals surface area contributed by atoms with Crippen LogP contribution in [-0.4, -0.2) is 36.0 Å². The lowest BCUT2D eigenvalue weighted by Crippen LogP contribution is -2.48. The zero-order valence-electron chi connectivity index (χ0n) is 12.8. The average molecular weight is 286 g/mol. The number of benzene rings is 1. The van der Waals surface area contributed by atoms with Gasteiger partial charge in [-0.25, -0.2) is 0 Å². The van der Waals surface area contributed by atoms with E-state index in [1.165, 1.54) is 24.8 Å². The summed E-state index contributed by atoms with van der Waals surface area (Å²) in [7, 11) is 0. The summed E-state index contributed by atoms with van der Waals surface area (Å²) in [5.74, 6) is 0.343. The summed E-state index contributed by atoms with van der Waals surface area (Å²) in [5, 5.41) is 3.45. The molecule has 114 valence electrons. The molecule has 0 aliphatic carbocycles. The fourth-order valence-electron chi connectivity index (χ4n) is 3.66. The van der Waals surface area contributed by atoms with Gasteiger partial charge in [0.25, 0.3) is 0 Å². The molecule has 3 heteroatoms. The van der Waals surface area contributed by atoms with E-state index in [0.29, 0.717) is 11.9 Å². The molecule has 1 N–H and O–H groups in total. The lowest BCUT2D eigenvalue weighted by atomic mass is 10.0. The van der Waals surface area contributed by atoms with Gasteiger partial charge in [-0.2, -0.15) is 0 Å². The molecule has 2 saturated heterocycles. The van der Waals surface area contributed by atoms with E-state index in [4.69, 9.17) is 0 Å². The second-order valence-corrected chi connectivity index (χ2v) is 6.37. The molecule has 0 aromatic heterocycles. The zero-order chi connectivity index (χ0) is 14.5. The summed E-state index contributed by atoms with van der Waals surface area (Å²) in [6.07, 6.45) is 7.94. The van der Waals surface area contributed by atoms with Gasteiger partial charge in [-0.15, -0.1) is 0 Å². The summed E-state index contributed by atoms with van der Waals surface area (Å²) in [6, 6.07) is 11.0. The van der Waals surface area contributed by atoms with Crippen LogP contribution in [0, 0.1) is 0 Å². The lowest BCUT2D eigenvalue weighted by Gasteiger charge is -2.29. The molecule has 0 spiro atoms. The van der Waals surface area contributed by atoms with Crippen LogP contribution in [0.3, 0.4) is 0 Å². The number of likely N-dealkylation sites (tertiary alicyclic amines) is 1. The van der Waals surface area contributed by atoms with Gasteiger partial charge in [0.1, 0.15) is 0 Å². The Labute approximate surface area is 127 Å². The molecule has 2 atom stereocenters. The number of carbonyl (C=O) groups is 1. The highest BCUT2D eigenvalue weighted by Crippen LogP contribution is 2.23. The van der Waals surface area contributed by atoms with Crippen molar-refractivity contribution < 1.29 is 4.79 Å². The molecule has 1 amide bonds. The summed E-state index contributed by atoms with van der Waals surface area (Å²) in [6.45, 7) is 1.93. The van der Waals surface area contributed by atoms with Gasteiger partial charge in [-0.3, -0.25) is 4.79 Å². The van der Waals surface area contributed by atoms with Crippen molar-refractivity contribution in [1.29, 1.82) is 0 Å². The minimum Gasteiger partial charge on any atom is -0.338 e. The summed E-state index contributed by atoms with van der Waals surface area (Å²) in [5.41, 5.74) is 1.34. The standard InChI is InChI=1S/C18H26N2O/c21-18(17-11-5-2-6-12-19-17)20-13-7-10-16(20)14-15-8-3-1-4-9-15/h1,3-4,8-9,16-17,19H,2,5-7,10-14H2. The smallest absolute Gasteiger partial charge is 0.239 e. The first kappa shape index (κ1) is 14.6. The molecular weight excluding hydrogens is 260 g/mol. The second-order valence-electron chi connectivity index (χ2n) is 6.37. The highest BCUT2D eigenvalue weighted by molar-refractivity contribution is 5.82. The zero-order valence-corrected chi connectivity index (χ0v) is 12.8. The van der Waals surface area contributed by atoms with E-state index in [1.807, 2.05) is 0 Å². The number of carbonyl (C=O) groups excluding carboxylic acids is 1. The highest BCUT2D eigenvalue weighted by Gasteiger charge is 2.33. The van der Waals surface area contributed by atoms with Crippen molar-refractivity contribution in [2.75, 3.05) is 13.1 Å². The van der Waals surface area contributed by atoms with Crippen LogP contribution < -0.4 is 5.32 Å². The molecule has 2 unspecified atom stereocenters. The average Bonchev–Trinajstić information content (AvgIpc) is 2.80. The van der Waals surface area contributed by atoms with Gasteiger partial charge in [-0.1, -0.05) is 43.2 Å². The molecule has 2 aliphatic heterocycles.